The molecule has 17 heavy (non-hydrogen) atoms. The van der Waals surface area contributed by atoms with Crippen molar-refractivity contribution < 1.29 is 19.7 Å². The van der Waals surface area contributed by atoms with Gasteiger partial charge in [-0.1, -0.05) is 17.7 Å². The minimum atomic E-state index is -1.56. The summed E-state index contributed by atoms with van der Waals surface area (Å²) in [5.41, 5.74) is 3.34. The van der Waals surface area contributed by atoms with Gasteiger partial charge in [0, 0.05) is 0 Å². The molecular formula is C13H18O4. The van der Waals surface area contributed by atoms with E-state index in [2.05, 4.69) is 4.74 Å². The van der Waals surface area contributed by atoms with Crippen molar-refractivity contribution in [2.45, 2.75) is 33.0 Å². The maximum absolute atomic E-state index is 11.2. The number of carbonyl (C=O) groups is 1. The predicted octanol–water partition coefficient (Wildman–Crippen LogP) is 1.18. The molecule has 0 amide bonds. The highest BCUT2D eigenvalue weighted by atomic mass is 16.5. The summed E-state index contributed by atoms with van der Waals surface area (Å²) in [5.74, 6) is -0.836. The van der Waals surface area contributed by atoms with Gasteiger partial charge in [-0.3, -0.25) is 0 Å². The minimum Gasteiger partial charge on any atom is -0.467 e. The van der Waals surface area contributed by atoms with Crippen LogP contribution in [0.15, 0.2) is 12.1 Å². The molecule has 0 spiro atoms. The maximum Gasteiger partial charge on any atom is 0.337 e. The van der Waals surface area contributed by atoms with Gasteiger partial charge in [0.05, 0.1) is 7.11 Å². The number of aliphatic hydroxyl groups is 2. The lowest BCUT2D eigenvalue weighted by Gasteiger charge is -2.20. The van der Waals surface area contributed by atoms with Crippen LogP contribution in [0.25, 0.3) is 0 Å². The summed E-state index contributed by atoms with van der Waals surface area (Å²) < 4.78 is 4.41. The second kappa shape index (κ2) is 5.29. The van der Waals surface area contributed by atoms with E-state index < -0.39 is 18.2 Å². The normalized spacial score (nSPS) is 14.2. The average Bonchev–Trinajstić information content (AvgIpc) is 2.25. The highest BCUT2D eigenvalue weighted by molar-refractivity contribution is 5.75. The lowest BCUT2D eigenvalue weighted by Crippen LogP contribution is -2.30. The summed E-state index contributed by atoms with van der Waals surface area (Å²) in [6.07, 6.45) is -2.82. The fourth-order valence-corrected chi connectivity index (χ4v) is 2.07. The Morgan fingerprint density at radius 1 is 1.18 bits per heavy atom. The molecule has 0 radical (unpaired) electrons. The fraction of sp³-hybridized carbons (Fsp3) is 0.462. The van der Waals surface area contributed by atoms with Crippen molar-refractivity contribution in [3.05, 3.63) is 34.4 Å². The van der Waals surface area contributed by atoms with Gasteiger partial charge in [-0.05, 0) is 37.5 Å². The Bertz CT molecular complexity index is 402. The Balaban J connectivity index is 3.12. The Morgan fingerprint density at radius 2 is 1.65 bits per heavy atom. The zero-order valence-electron chi connectivity index (χ0n) is 10.5. The molecule has 0 saturated heterocycles. The SMILES string of the molecule is COC(=O)C(O)C(O)c1c(C)cc(C)cc1C. The Hall–Kier alpha value is -1.39. The number of benzene rings is 1. The lowest BCUT2D eigenvalue weighted by atomic mass is 9.93. The molecule has 0 aliphatic rings. The first kappa shape index (κ1) is 13.7. The quantitative estimate of drug-likeness (QED) is 0.776. The minimum absolute atomic E-state index is 0.577. The van der Waals surface area contributed by atoms with E-state index in [1.54, 1.807) is 0 Å². The van der Waals surface area contributed by atoms with Crippen LogP contribution in [-0.4, -0.2) is 29.4 Å². The smallest absolute Gasteiger partial charge is 0.337 e. The van der Waals surface area contributed by atoms with Crippen molar-refractivity contribution in [1.82, 2.24) is 0 Å². The number of hydrogen-bond acceptors (Lipinski definition) is 4. The van der Waals surface area contributed by atoms with Crippen LogP contribution in [-0.2, 0) is 9.53 Å². The third-order valence-electron chi connectivity index (χ3n) is 2.78. The van der Waals surface area contributed by atoms with E-state index in [-0.39, 0.29) is 0 Å². The molecule has 0 aliphatic heterocycles. The van der Waals surface area contributed by atoms with Crippen LogP contribution in [0.5, 0.6) is 0 Å². The van der Waals surface area contributed by atoms with Crippen LogP contribution >= 0.6 is 0 Å². The number of aliphatic hydroxyl groups excluding tert-OH is 2. The summed E-state index contributed by atoms with van der Waals surface area (Å²) >= 11 is 0. The molecule has 4 heteroatoms. The van der Waals surface area contributed by atoms with Gasteiger partial charge >= 0.3 is 5.97 Å². The Labute approximate surface area is 101 Å². The molecule has 0 fully saturated rings. The molecule has 0 heterocycles. The number of aryl methyl sites for hydroxylation is 3. The number of carbonyl (C=O) groups excluding carboxylic acids is 1. The van der Waals surface area contributed by atoms with E-state index in [1.807, 2.05) is 32.9 Å². The monoisotopic (exact) mass is 238 g/mol. The first-order valence-electron chi connectivity index (χ1n) is 5.40. The van der Waals surface area contributed by atoms with Crippen LogP contribution in [0, 0.1) is 20.8 Å². The Morgan fingerprint density at radius 3 is 2.06 bits per heavy atom. The molecule has 1 rings (SSSR count). The largest absolute Gasteiger partial charge is 0.467 e. The van der Waals surface area contributed by atoms with E-state index in [1.165, 1.54) is 7.11 Å². The average molecular weight is 238 g/mol. The van der Waals surface area contributed by atoms with Crippen LogP contribution in [0.1, 0.15) is 28.4 Å². The molecule has 0 saturated carbocycles. The second-order valence-corrected chi connectivity index (χ2v) is 4.23. The van der Waals surface area contributed by atoms with Gasteiger partial charge in [0.15, 0.2) is 6.10 Å². The van der Waals surface area contributed by atoms with Gasteiger partial charge in [0.1, 0.15) is 6.10 Å². The van der Waals surface area contributed by atoms with Crippen molar-refractivity contribution in [3.63, 3.8) is 0 Å². The standard InChI is InChI=1S/C13H18O4/c1-7-5-8(2)10(9(3)6-7)11(14)12(15)13(16)17-4/h5-6,11-12,14-15H,1-4H3. The van der Waals surface area contributed by atoms with Crippen molar-refractivity contribution in [1.29, 1.82) is 0 Å². The van der Waals surface area contributed by atoms with Crippen LogP contribution in [0.2, 0.25) is 0 Å². The predicted molar refractivity (Wildman–Crippen MR) is 63.6 cm³/mol. The summed E-state index contributed by atoms with van der Waals surface area (Å²) in [5, 5.41) is 19.6. The van der Waals surface area contributed by atoms with Gasteiger partial charge in [-0.2, -0.15) is 0 Å². The van der Waals surface area contributed by atoms with E-state index in [9.17, 15) is 15.0 Å². The molecule has 2 atom stereocenters. The summed E-state index contributed by atoms with van der Waals surface area (Å²) in [4.78, 5) is 11.2. The van der Waals surface area contributed by atoms with Crippen molar-refractivity contribution >= 4 is 5.97 Å². The zero-order chi connectivity index (χ0) is 13.2. The first-order valence-corrected chi connectivity index (χ1v) is 5.40. The number of methoxy groups -OCH3 is 1. The highest BCUT2D eigenvalue weighted by Gasteiger charge is 2.28. The molecule has 4 nitrogen and oxygen atoms in total. The van der Waals surface area contributed by atoms with E-state index in [0.29, 0.717) is 5.56 Å². The van der Waals surface area contributed by atoms with Gasteiger partial charge in [0.2, 0.25) is 0 Å². The number of ether oxygens (including phenoxy) is 1. The van der Waals surface area contributed by atoms with Crippen molar-refractivity contribution in [2.24, 2.45) is 0 Å². The summed E-state index contributed by atoms with van der Waals surface area (Å²) in [6, 6.07) is 3.80. The molecule has 0 aliphatic carbocycles. The van der Waals surface area contributed by atoms with E-state index in [4.69, 9.17) is 0 Å². The Kier molecular flexibility index (Phi) is 4.26. The molecule has 0 aromatic heterocycles. The summed E-state index contributed by atoms with van der Waals surface area (Å²) in [6.45, 7) is 5.62. The van der Waals surface area contributed by atoms with E-state index in [0.717, 1.165) is 16.7 Å². The number of rotatable bonds is 3. The van der Waals surface area contributed by atoms with Crippen molar-refractivity contribution in [3.8, 4) is 0 Å². The van der Waals surface area contributed by atoms with Gasteiger partial charge in [-0.15, -0.1) is 0 Å². The van der Waals surface area contributed by atoms with Crippen LogP contribution in [0.4, 0.5) is 0 Å². The lowest BCUT2D eigenvalue weighted by molar-refractivity contribution is -0.156. The third-order valence-corrected chi connectivity index (χ3v) is 2.78. The first-order chi connectivity index (χ1) is 7.88. The molecule has 1 aromatic rings. The third kappa shape index (κ3) is 2.84. The van der Waals surface area contributed by atoms with E-state index >= 15 is 0 Å². The maximum atomic E-state index is 11.2. The van der Waals surface area contributed by atoms with Gasteiger partial charge < -0.3 is 14.9 Å². The fourth-order valence-electron chi connectivity index (χ4n) is 2.07. The molecule has 0 bridgehead atoms. The van der Waals surface area contributed by atoms with Gasteiger partial charge in [-0.25, -0.2) is 4.79 Å². The van der Waals surface area contributed by atoms with Crippen LogP contribution in [0.3, 0.4) is 0 Å². The number of hydrogen-bond donors (Lipinski definition) is 2. The molecule has 94 valence electrons. The van der Waals surface area contributed by atoms with Crippen molar-refractivity contribution in [2.75, 3.05) is 7.11 Å². The van der Waals surface area contributed by atoms with Gasteiger partial charge in [0.25, 0.3) is 0 Å². The summed E-state index contributed by atoms with van der Waals surface area (Å²) in [7, 11) is 1.17. The number of esters is 1. The second-order valence-electron chi connectivity index (χ2n) is 4.23. The molecule has 2 unspecified atom stereocenters. The molecule has 1 aromatic carbocycles. The molecular weight excluding hydrogens is 220 g/mol. The van der Waals surface area contributed by atoms with Crippen LogP contribution < -0.4 is 0 Å². The zero-order valence-corrected chi connectivity index (χ0v) is 10.5. The highest BCUT2D eigenvalue weighted by Crippen LogP contribution is 2.26. The topological polar surface area (TPSA) is 66.8 Å². The molecule has 2 N–H and O–H groups in total.